The van der Waals surface area contributed by atoms with Gasteiger partial charge in [-0.05, 0) is 46.6 Å². The fraction of sp³-hybridized carbons (Fsp3) is 0.933. The Morgan fingerprint density at radius 2 is 1.87 bits per heavy atom. The number of ether oxygens (including phenoxy) is 1. The molecule has 0 aromatic rings. The number of nitrogens with one attached hydrogen (secondary N) is 1. The maximum Gasteiger partial charge on any atom is 0.329 e. The summed E-state index contributed by atoms with van der Waals surface area (Å²) < 4.78 is 31.9. The minimum atomic E-state index is -3.85. The van der Waals surface area contributed by atoms with Gasteiger partial charge in [0.1, 0.15) is 5.60 Å². The number of sulfonamides is 1. The van der Waals surface area contributed by atoms with Crippen molar-refractivity contribution in [1.29, 1.82) is 0 Å². The molecule has 136 valence electrons. The van der Waals surface area contributed by atoms with Crippen LogP contribution in [0.3, 0.4) is 0 Å². The van der Waals surface area contributed by atoms with Crippen LogP contribution in [-0.4, -0.2) is 62.4 Å². The number of nitrogens with zero attached hydrogens (tertiary/aromatic N) is 1. The third-order valence-corrected chi connectivity index (χ3v) is 6.11. The van der Waals surface area contributed by atoms with E-state index < -0.39 is 26.3 Å². The predicted octanol–water partition coefficient (Wildman–Crippen LogP) is 0.451. The number of rotatable bonds is 7. The van der Waals surface area contributed by atoms with Gasteiger partial charge in [0, 0.05) is 26.2 Å². The molecular formula is C15H31N3O4S. The molecule has 0 unspecified atom stereocenters. The zero-order valence-corrected chi connectivity index (χ0v) is 15.5. The Balaban J connectivity index is 3.05. The average molecular weight is 349 g/mol. The Labute approximate surface area is 140 Å². The van der Waals surface area contributed by atoms with Gasteiger partial charge in [0.05, 0.1) is 0 Å². The highest BCUT2D eigenvalue weighted by atomic mass is 32.2. The van der Waals surface area contributed by atoms with Crippen LogP contribution in [-0.2, 0) is 19.6 Å². The van der Waals surface area contributed by atoms with E-state index in [1.807, 2.05) is 0 Å². The van der Waals surface area contributed by atoms with Crippen molar-refractivity contribution in [3.63, 3.8) is 0 Å². The van der Waals surface area contributed by atoms with Gasteiger partial charge in [-0.1, -0.05) is 6.92 Å². The third-order valence-electron chi connectivity index (χ3n) is 3.93. The molecule has 8 heteroatoms. The van der Waals surface area contributed by atoms with Crippen molar-refractivity contribution in [2.24, 2.45) is 5.73 Å². The number of hydrogen-bond donors (Lipinski definition) is 2. The summed E-state index contributed by atoms with van der Waals surface area (Å²) in [7, 11) is -3.85. The summed E-state index contributed by atoms with van der Waals surface area (Å²) >= 11 is 0. The van der Waals surface area contributed by atoms with E-state index in [2.05, 4.69) is 16.5 Å². The van der Waals surface area contributed by atoms with Gasteiger partial charge in [0.25, 0.3) is 0 Å². The standard InChI is InChI=1S/C15H31N3O4S/c1-5-10-18-11-6-15(7-12-18,13(19)22-14(2,3)4)23(20,21)17-9-8-16/h17H,5-12,16H2,1-4H3. The maximum absolute atomic E-state index is 12.8. The van der Waals surface area contributed by atoms with Gasteiger partial charge >= 0.3 is 5.97 Å². The maximum atomic E-state index is 12.8. The van der Waals surface area contributed by atoms with Crippen LogP contribution in [0.2, 0.25) is 0 Å². The van der Waals surface area contributed by atoms with Crippen LogP contribution in [0.4, 0.5) is 0 Å². The molecule has 1 rings (SSSR count). The summed E-state index contributed by atoms with van der Waals surface area (Å²) in [6.07, 6.45) is 1.47. The Morgan fingerprint density at radius 1 is 1.30 bits per heavy atom. The number of piperidine rings is 1. The Bertz CT molecular complexity index is 491. The predicted molar refractivity (Wildman–Crippen MR) is 90.5 cm³/mol. The van der Waals surface area contributed by atoms with Gasteiger partial charge in [-0.2, -0.15) is 0 Å². The van der Waals surface area contributed by atoms with Crippen molar-refractivity contribution >= 4 is 16.0 Å². The lowest BCUT2D eigenvalue weighted by Crippen LogP contribution is -2.59. The van der Waals surface area contributed by atoms with E-state index in [4.69, 9.17) is 10.5 Å². The van der Waals surface area contributed by atoms with E-state index in [0.29, 0.717) is 13.1 Å². The first-order valence-electron chi connectivity index (χ1n) is 8.23. The minimum absolute atomic E-state index is 0.117. The first kappa shape index (κ1) is 20.3. The summed E-state index contributed by atoms with van der Waals surface area (Å²) in [6.45, 7) is 9.64. The highest BCUT2D eigenvalue weighted by Gasteiger charge is 2.54. The molecule has 0 aromatic heterocycles. The molecule has 1 fully saturated rings. The molecule has 0 aliphatic carbocycles. The van der Waals surface area contributed by atoms with Crippen LogP contribution in [0.5, 0.6) is 0 Å². The molecule has 3 N–H and O–H groups in total. The molecular weight excluding hydrogens is 318 g/mol. The SMILES string of the molecule is CCCN1CCC(C(=O)OC(C)(C)C)(S(=O)(=O)NCCN)CC1. The fourth-order valence-electron chi connectivity index (χ4n) is 2.74. The average Bonchev–Trinajstić information content (AvgIpc) is 2.44. The minimum Gasteiger partial charge on any atom is -0.459 e. The zero-order chi connectivity index (χ0) is 17.7. The van der Waals surface area contributed by atoms with Crippen LogP contribution >= 0.6 is 0 Å². The number of carbonyl (C=O) groups is 1. The molecule has 0 radical (unpaired) electrons. The Kier molecular flexibility index (Phi) is 7.00. The van der Waals surface area contributed by atoms with Gasteiger partial charge in [0.15, 0.2) is 4.75 Å². The lowest BCUT2D eigenvalue weighted by atomic mass is 9.95. The van der Waals surface area contributed by atoms with Crippen LogP contribution in [0, 0.1) is 0 Å². The van der Waals surface area contributed by atoms with E-state index in [1.165, 1.54) is 0 Å². The summed E-state index contributed by atoms with van der Waals surface area (Å²) in [6, 6.07) is 0. The zero-order valence-electron chi connectivity index (χ0n) is 14.7. The molecule has 0 bridgehead atoms. The smallest absolute Gasteiger partial charge is 0.329 e. The Hall–Kier alpha value is -0.700. The summed E-state index contributed by atoms with van der Waals surface area (Å²) in [5.74, 6) is -0.661. The van der Waals surface area contributed by atoms with Crippen LogP contribution < -0.4 is 10.5 Å². The summed E-state index contributed by atoms with van der Waals surface area (Å²) in [5.41, 5.74) is 4.67. The van der Waals surface area contributed by atoms with Gasteiger partial charge in [0.2, 0.25) is 10.0 Å². The number of likely N-dealkylation sites (tertiary alicyclic amines) is 1. The molecule has 1 saturated heterocycles. The topological polar surface area (TPSA) is 102 Å². The van der Waals surface area contributed by atoms with E-state index in [0.717, 1.165) is 13.0 Å². The second kappa shape index (κ2) is 7.92. The molecule has 0 spiro atoms. The highest BCUT2D eigenvalue weighted by molar-refractivity contribution is 7.91. The Morgan fingerprint density at radius 3 is 2.30 bits per heavy atom. The quantitative estimate of drug-likeness (QED) is 0.647. The van der Waals surface area contributed by atoms with Crippen molar-refractivity contribution in [2.45, 2.75) is 57.3 Å². The molecule has 0 amide bonds. The first-order valence-corrected chi connectivity index (χ1v) is 9.71. The van der Waals surface area contributed by atoms with Crippen LogP contribution in [0.15, 0.2) is 0 Å². The molecule has 0 aromatic carbocycles. The summed E-state index contributed by atoms with van der Waals surface area (Å²) in [5, 5.41) is 0. The third kappa shape index (κ3) is 5.14. The molecule has 1 aliphatic rings. The first-order chi connectivity index (χ1) is 10.6. The van der Waals surface area contributed by atoms with Crippen molar-refractivity contribution in [2.75, 3.05) is 32.7 Å². The number of carbonyl (C=O) groups excluding carboxylic acids is 1. The monoisotopic (exact) mass is 349 g/mol. The summed E-state index contributed by atoms with van der Waals surface area (Å²) in [4.78, 5) is 14.9. The molecule has 0 saturated carbocycles. The van der Waals surface area contributed by atoms with Crippen molar-refractivity contribution in [3.8, 4) is 0 Å². The number of nitrogens with two attached hydrogens (primary N) is 1. The lowest BCUT2D eigenvalue weighted by Gasteiger charge is -2.40. The van der Waals surface area contributed by atoms with Crippen molar-refractivity contribution < 1.29 is 17.9 Å². The molecule has 0 atom stereocenters. The van der Waals surface area contributed by atoms with E-state index in [-0.39, 0.29) is 25.9 Å². The molecule has 7 nitrogen and oxygen atoms in total. The van der Waals surface area contributed by atoms with Crippen LogP contribution in [0.1, 0.15) is 47.0 Å². The second-order valence-electron chi connectivity index (χ2n) is 7.02. The van der Waals surface area contributed by atoms with E-state index in [1.54, 1.807) is 20.8 Å². The highest BCUT2D eigenvalue weighted by Crippen LogP contribution is 2.33. The van der Waals surface area contributed by atoms with Gasteiger partial charge < -0.3 is 15.4 Å². The number of hydrogen-bond acceptors (Lipinski definition) is 6. The van der Waals surface area contributed by atoms with E-state index >= 15 is 0 Å². The van der Waals surface area contributed by atoms with Gasteiger partial charge in [-0.25, -0.2) is 13.1 Å². The molecule has 1 heterocycles. The van der Waals surface area contributed by atoms with E-state index in [9.17, 15) is 13.2 Å². The van der Waals surface area contributed by atoms with Crippen LogP contribution in [0.25, 0.3) is 0 Å². The lowest BCUT2D eigenvalue weighted by molar-refractivity contribution is -0.159. The fourth-order valence-corrected chi connectivity index (χ4v) is 4.38. The van der Waals surface area contributed by atoms with Gasteiger partial charge in [-0.3, -0.25) is 4.79 Å². The largest absolute Gasteiger partial charge is 0.459 e. The normalized spacial score (nSPS) is 19.5. The van der Waals surface area contributed by atoms with Gasteiger partial charge in [-0.15, -0.1) is 0 Å². The number of esters is 1. The van der Waals surface area contributed by atoms with Crippen molar-refractivity contribution in [3.05, 3.63) is 0 Å². The van der Waals surface area contributed by atoms with Crippen molar-refractivity contribution in [1.82, 2.24) is 9.62 Å². The second-order valence-corrected chi connectivity index (χ2v) is 9.10. The molecule has 1 aliphatic heterocycles. The molecule has 23 heavy (non-hydrogen) atoms.